The number of piperidine rings is 1. The highest BCUT2D eigenvalue weighted by Gasteiger charge is 2.27. The van der Waals surface area contributed by atoms with Gasteiger partial charge in [0, 0.05) is 18.7 Å². The van der Waals surface area contributed by atoms with E-state index in [1.54, 1.807) is 12.1 Å². The number of nitrogens with zero attached hydrogens (tertiary/aromatic N) is 4. The Morgan fingerprint density at radius 1 is 1.08 bits per heavy atom. The molecule has 0 aliphatic carbocycles. The van der Waals surface area contributed by atoms with E-state index in [0.717, 1.165) is 29.9 Å². The number of halogens is 1. The Morgan fingerprint density at radius 3 is 2.50 bits per heavy atom. The predicted molar refractivity (Wildman–Crippen MR) is 90.2 cm³/mol. The first kappa shape index (κ1) is 15.1. The molecule has 6 heteroatoms. The zero-order valence-corrected chi connectivity index (χ0v) is 13.7. The van der Waals surface area contributed by atoms with E-state index in [0.29, 0.717) is 23.2 Å². The van der Waals surface area contributed by atoms with Crippen molar-refractivity contribution < 1.29 is 8.91 Å². The lowest BCUT2D eigenvalue weighted by Crippen LogP contribution is -2.39. The van der Waals surface area contributed by atoms with Crippen LogP contribution in [0.4, 0.5) is 10.2 Å². The summed E-state index contributed by atoms with van der Waals surface area (Å²) < 4.78 is 18.6. The van der Waals surface area contributed by atoms with Crippen LogP contribution in [0.1, 0.15) is 20.3 Å². The second-order valence-corrected chi connectivity index (χ2v) is 6.77. The minimum absolute atomic E-state index is 0.276. The van der Waals surface area contributed by atoms with Crippen molar-refractivity contribution in [1.29, 1.82) is 0 Å². The summed E-state index contributed by atoms with van der Waals surface area (Å²) in [5.41, 5.74) is 1.92. The van der Waals surface area contributed by atoms with Crippen molar-refractivity contribution in [2.24, 2.45) is 11.8 Å². The Kier molecular flexibility index (Phi) is 3.67. The number of anilines is 1. The van der Waals surface area contributed by atoms with Crippen LogP contribution >= 0.6 is 0 Å². The Labute approximate surface area is 139 Å². The van der Waals surface area contributed by atoms with Crippen LogP contribution < -0.4 is 4.90 Å². The molecule has 0 unspecified atom stereocenters. The quantitative estimate of drug-likeness (QED) is 0.715. The minimum atomic E-state index is -0.276. The molecular weight excluding hydrogens is 307 g/mol. The van der Waals surface area contributed by atoms with Crippen molar-refractivity contribution in [1.82, 2.24) is 15.1 Å². The number of hydrogen-bond donors (Lipinski definition) is 0. The van der Waals surface area contributed by atoms with Crippen LogP contribution in [-0.4, -0.2) is 28.2 Å². The molecular formula is C18H19FN4O. The van der Waals surface area contributed by atoms with Crippen LogP contribution in [0.5, 0.6) is 0 Å². The number of aromatic nitrogens is 3. The molecule has 24 heavy (non-hydrogen) atoms. The summed E-state index contributed by atoms with van der Waals surface area (Å²) in [4.78, 5) is 11.0. The molecule has 3 heterocycles. The summed E-state index contributed by atoms with van der Waals surface area (Å²) in [6.07, 6.45) is 2.74. The number of fused-ring (bicyclic) bond motifs is 1. The molecule has 1 fully saturated rings. The average Bonchev–Trinajstić information content (AvgIpc) is 2.99. The Morgan fingerprint density at radius 2 is 1.79 bits per heavy atom. The van der Waals surface area contributed by atoms with Crippen molar-refractivity contribution in [3.63, 3.8) is 0 Å². The maximum absolute atomic E-state index is 13.2. The summed E-state index contributed by atoms with van der Waals surface area (Å²) in [5, 5.41) is 4.96. The van der Waals surface area contributed by atoms with E-state index in [1.807, 2.05) is 0 Å². The van der Waals surface area contributed by atoms with Crippen molar-refractivity contribution in [3.05, 3.63) is 36.4 Å². The lowest BCUT2D eigenvalue weighted by Gasteiger charge is -2.35. The molecule has 0 radical (unpaired) electrons. The molecule has 0 saturated carbocycles. The molecule has 1 aromatic carbocycles. The number of rotatable bonds is 2. The van der Waals surface area contributed by atoms with Gasteiger partial charge in [-0.05, 0) is 42.5 Å². The zero-order chi connectivity index (χ0) is 16.7. The van der Waals surface area contributed by atoms with Gasteiger partial charge >= 0.3 is 0 Å². The first-order valence-electron chi connectivity index (χ1n) is 8.23. The number of benzene rings is 1. The number of hydrogen-bond acceptors (Lipinski definition) is 5. The predicted octanol–water partition coefficient (Wildman–Crippen LogP) is 3.91. The first-order valence-corrected chi connectivity index (χ1v) is 8.23. The van der Waals surface area contributed by atoms with E-state index in [9.17, 15) is 4.39 Å². The van der Waals surface area contributed by atoms with Crippen LogP contribution in [0.25, 0.3) is 22.4 Å². The largest absolute Gasteiger partial charge is 0.355 e. The molecule has 1 saturated heterocycles. The lowest BCUT2D eigenvalue weighted by molar-refractivity contribution is 0.356. The fourth-order valence-corrected chi connectivity index (χ4v) is 3.65. The van der Waals surface area contributed by atoms with Gasteiger partial charge in [-0.2, -0.15) is 4.98 Å². The molecule has 4 rings (SSSR count). The van der Waals surface area contributed by atoms with Gasteiger partial charge in [0.2, 0.25) is 0 Å². The maximum atomic E-state index is 13.2. The van der Waals surface area contributed by atoms with Crippen molar-refractivity contribution in [2.45, 2.75) is 20.3 Å². The van der Waals surface area contributed by atoms with Crippen LogP contribution in [-0.2, 0) is 0 Å². The maximum Gasteiger partial charge on any atom is 0.263 e. The van der Waals surface area contributed by atoms with E-state index in [-0.39, 0.29) is 5.82 Å². The van der Waals surface area contributed by atoms with E-state index in [2.05, 4.69) is 33.9 Å². The third kappa shape index (κ3) is 2.62. The Bertz CT molecular complexity index is 851. The SMILES string of the molecule is C[C@H]1C[C@H](C)CN(c2ncnc3onc(-c4ccc(F)cc4)c23)C1. The van der Waals surface area contributed by atoms with Gasteiger partial charge in [-0.15, -0.1) is 0 Å². The van der Waals surface area contributed by atoms with Crippen molar-refractivity contribution in [3.8, 4) is 11.3 Å². The molecule has 0 amide bonds. The van der Waals surface area contributed by atoms with Crippen LogP contribution in [0.15, 0.2) is 35.1 Å². The molecule has 3 aromatic rings. The van der Waals surface area contributed by atoms with Gasteiger partial charge in [-0.3, -0.25) is 0 Å². The molecule has 1 aliphatic heterocycles. The zero-order valence-electron chi connectivity index (χ0n) is 13.7. The van der Waals surface area contributed by atoms with E-state index in [4.69, 9.17) is 4.52 Å². The van der Waals surface area contributed by atoms with Crippen LogP contribution in [0.3, 0.4) is 0 Å². The van der Waals surface area contributed by atoms with Gasteiger partial charge in [-0.1, -0.05) is 19.0 Å². The topological polar surface area (TPSA) is 55.1 Å². The summed E-state index contributed by atoms with van der Waals surface area (Å²) in [6, 6.07) is 6.24. The molecule has 124 valence electrons. The van der Waals surface area contributed by atoms with Gasteiger partial charge in [0.25, 0.3) is 5.71 Å². The fourth-order valence-electron chi connectivity index (χ4n) is 3.65. The molecule has 0 bridgehead atoms. The van der Waals surface area contributed by atoms with Crippen LogP contribution in [0, 0.1) is 17.7 Å². The molecule has 0 N–H and O–H groups in total. The highest BCUT2D eigenvalue weighted by Crippen LogP contribution is 2.35. The highest BCUT2D eigenvalue weighted by molar-refractivity contribution is 5.97. The first-order chi connectivity index (χ1) is 11.6. The van der Waals surface area contributed by atoms with E-state index < -0.39 is 0 Å². The van der Waals surface area contributed by atoms with Gasteiger partial charge < -0.3 is 9.42 Å². The molecule has 5 nitrogen and oxygen atoms in total. The second kappa shape index (κ2) is 5.85. The van der Waals surface area contributed by atoms with E-state index >= 15 is 0 Å². The third-order valence-electron chi connectivity index (χ3n) is 4.54. The summed E-state index contributed by atoms with van der Waals surface area (Å²) in [7, 11) is 0. The highest BCUT2D eigenvalue weighted by atomic mass is 19.1. The molecule has 0 spiro atoms. The molecule has 1 aliphatic rings. The average molecular weight is 326 g/mol. The van der Waals surface area contributed by atoms with Crippen molar-refractivity contribution >= 4 is 16.9 Å². The summed E-state index contributed by atoms with van der Waals surface area (Å²) in [6.45, 7) is 6.42. The second-order valence-electron chi connectivity index (χ2n) is 6.77. The third-order valence-corrected chi connectivity index (χ3v) is 4.54. The normalized spacial score (nSPS) is 21.4. The monoisotopic (exact) mass is 326 g/mol. The standard InChI is InChI=1S/C18H19FN4O/c1-11-7-12(2)9-23(8-11)17-15-16(13-3-5-14(19)6-4-13)22-24-18(15)21-10-20-17/h3-6,10-12H,7-9H2,1-2H3/t11-,12-/m0/s1. The van der Waals surface area contributed by atoms with Gasteiger partial charge in [0.05, 0.1) is 0 Å². The fraction of sp³-hybridized carbons (Fsp3) is 0.389. The van der Waals surface area contributed by atoms with E-state index in [1.165, 1.54) is 24.9 Å². The molecule has 2 atom stereocenters. The summed E-state index contributed by atoms with van der Waals surface area (Å²) >= 11 is 0. The lowest BCUT2D eigenvalue weighted by atomic mass is 9.92. The smallest absolute Gasteiger partial charge is 0.263 e. The van der Waals surface area contributed by atoms with Gasteiger partial charge in [-0.25, -0.2) is 9.37 Å². The van der Waals surface area contributed by atoms with Crippen molar-refractivity contribution in [2.75, 3.05) is 18.0 Å². The van der Waals surface area contributed by atoms with Crippen LogP contribution in [0.2, 0.25) is 0 Å². The van der Waals surface area contributed by atoms with Gasteiger partial charge in [0.15, 0.2) is 0 Å². The Hall–Kier alpha value is -2.50. The summed E-state index contributed by atoms with van der Waals surface area (Å²) in [5.74, 6) is 1.78. The Balaban J connectivity index is 1.84. The molecule has 2 aromatic heterocycles. The van der Waals surface area contributed by atoms with Gasteiger partial charge in [0.1, 0.15) is 29.0 Å². The minimum Gasteiger partial charge on any atom is -0.355 e.